The first-order valence-electron chi connectivity index (χ1n) is 8.26. The van der Waals surface area contributed by atoms with Crippen LogP contribution in [0.2, 0.25) is 0 Å². The fourth-order valence-corrected chi connectivity index (χ4v) is 3.58. The molecule has 8 heteroatoms. The Balaban J connectivity index is 1.32. The maximum absolute atomic E-state index is 12.4. The van der Waals surface area contributed by atoms with Crippen LogP contribution in [0.15, 0.2) is 53.8 Å². The van der Waals surface area contributed by atoms with Crippen LogP contribution in [0.3, 0.4) is 0 Å². The van der Waals surface area contributed by atoms with Crippen LogP contribution >= 0.6 is 11.8 Å². The summed E-state index contributed by atoms with van der Waals surface area (Å²) in [7, 11) is 1.77. The fraction of sp³-hybridized carbons (Fsp3) is 0.278. The number of benzene rings is 1. The van der Waals surface area contributed by atoms with E-state index in [1.165, 1.54) is 11.8 Å². The Morgan fingerprint density at radius 3 is 2.92 bits per heavy atom. The van der Waals surface area contributed by atoms with Crippen molar-refractivity contribution < 1.29 is 14.3 Å². The highest BCUT2D eigenvalue weighted by Crippen LogP contribution is 2.31. The third-order valence-corrected chi connectivity index (χ3v) is 5.01. The number of hydrogen-bond acceptors (Lipinski definition) is 6. The molecule has 1 aliphatic rings. The number of nitrogens with zero attached hydrogens (tertiary/aromatic N) is 4. The summed E-state index contributed by atoms with van der Waals surface area (Å²) < 4.78 is 13.5. The lowest BCUT2D eigenvalue weighted by atomic mass is 10.2. The maximum Gasteiger partial charge on any atom is 0.232 e. The first kappa shape index (κ1) is 16.7. The zero-order valence-corrected chi connectivity index (χ0v) is 15.1. The Labute approximate surface area is 154 Å². The number of likely N-dealkylation sites (N-methyl/N-ethyl adjacent to an activating group) is 1. The van der Waals surface area contributed by atoms with Gasteiger partial charge in [-0.3, -0.25) is 9.20 Å². The average Bonchev–Trinajstić information content (AvgIpc) is 3.09. The molecule has 1 atom stereocenters. The molecular formula is C18H18N4O3S. The zero-order chi connectivity index (χ0) is 17.9. The number of amides is 1. The number of aromatic nitrogens is 3. The molecule has 0 saturated heterocycles. The largest absolute Gasteiger partial charge is 0.486 e. The Hall–Kier alpha value is -2.74. The number of para-hydroxylation sites is 2. The molecule has 0 unspecified atom stereocenters. The maximum atomic E-state index is 12.4. The van der Waals surface area contributed by atoms with Crippen molar-refractivity contribution in [3.8, 4) is 11.5 Å². The highest BCUT2D eigenvalue weighted by molar-refractivity contribution is 7.99. The Morgan fingerprint density at radius 2 is 2.04 bits per heavy atom. The van der Waals surface area contributed by atoms with E-state index in [2.05, 4.69) is 10.2 Å². The minimum Gasteiger partial charge on any atom is -0.486 e. The second-order valence-electron chi connectivity index (χ2n) is 5.97. The Kier molecular flexibility index (Phi) is 4.66. The molecule has 3 heterocycles. The Bertz CT molecular complexity index is 929. The highest BCUT2D eigenvalue weighted by atomic mass is 32.2. The minimum absolute atomic E-state index is 0.00476. The van der Waals surface area contributed by atoms with Gasteiger partial charge in [0.2, 0.25) is 5.91 Å². The third-order valence-electron chi connectivity index (χ3n) is 4.08. The van der Waals surface area contributed by atoms with E-state index in [1.807, 2.05) is 53.1 Å². The highest BCUT2D eigenvalue weighted by Gasteiger charge is 2.24. The molecule has 134 valence electrons. The van der Waals surface area contributed by atoms with E-state index in [1.54, 1.807) is 11.9 Å². The molecule has 0 saturated carbocycles. The smallest absolute Gasteiger partial charge is 0.232 e. The zero-order valence-electron chi connectivity index (χ0n) is 14.2. The lowest BCUT2D eigenvalue weighted by Gasteiger charge is -2.29. The van der Waals surface area contributed by atoms with Crippen LogP contribution in [0.4, 0.5) is 0 Å². The van der Waals surface area contributed by atoms with Gasteiger partial charge in [-0.15, -0.1) is 10.2 Å². The number of thioether (sulfide) groups is 1. The lowest BCUT2D eigenvalue weighted by Crippen LogP contribution is -2.42. The van der Waals surface area contributed by atoms with Crippen molar-refractivity contribution >= 4 is 23.3 Å². The molecule has 1 amide bonds. The van der Waals surface area contributed by atoms with Gasteiger partial charge in [-0.05, 0) is 24.3 Å². The quantitative estimate of drug-likeness (QED) is 0.641. The van der Waals surface area contributed by atoms with Crippen LogP contribution in [0.5, 0.6) is 11.5 Å². The van der Waals surface area contributed by atoms with E-state index in [9.17, 15) is 4.79 Å². The molecule has 7 nitrogen and oxygen atoms in total. The number of carbonyl (C=O) groups is 1. The summed E-state index contributed by atoms with van der Waals surface area (Å²) in [6, 6.07) is 13.2. The number of fused-ring (bicyclic) bond motifs is 2. The van der Waals surface area contributed by atoms with Gasteiger partial charge < -0.3 is 14.4 Å². The average molecular weight is 370 g/mol. The molecule has 1 aliphatic heterocycles. The Morgan fingerprint density at radius 1 is 1.23 bits per heavy atom. The van der Waals surface area contributed by atoms with Crippen molar-refractivity contribution in [3.63, 3.8) is 0 Å². The van der Waals surface area contributed by atoms with Crippen molar-refractivity contribution in [2.45, 2.75) is 11.3 Å². The standard InChI is InChI=1S/C18H18N4O3S/c1-21(10-13-11-24-14-6-2-3-7-15(14)25-13)17(23)12-26-18-20-19-16-8-4-5-9-22(16)18/h2-9,13H,10-12H2,1H3/t13-/m1/s1. The van der Waals surface area contributed by atoms with E-state index in [4.69, 9.17) is 9.47 Å². The van der Waals surface area contributed by atoms with Gasteiger partial charge in [-0.1, -0.05) is 30.0 Å². The van der Waals surface area contributed by atoms with Gasteiger partial charge in [-0.2, -0.15) is 0 Å². The molecule has 0 radical (unpaired) electrons. The summed E-state index contributed by atoms with van der Waals surface area (Å²) in [6.07, 6.45) is 1.70. The van der Waals surface area contributed by atoms with Gasteiger partial charge in [0.1, 0.15) is 6.61 Å². The van der Waals surface area contributed by atoms with Crippen molar-refractivity contribution in [1.82, 2.24) is 19.5 Å². The molecule has 26 heavy (non-hydrogen) atoms. The van der Waals surface area contributed by atoms with Crippen LogP contribution in [-0.4, -0.2) is 57.5 Å². The van der Waals surface area contributed by atoms with E-state index >= 15 is 0 Å². The molecule has 1 aromatic carbocycles. The SMILES string of the molecule is CN(C[C@@H]1COc2ccccc2O1)C(=O)CSc1nnc2ccccn12. The molecule has 0 fully saturated rings. The van der Waals surface area contributed by atoms with E-state index in [0.717, 1.165) is 11.4 Å². The normalized spacial score (nSPS) is 15.8. The molecule has 0 aliphatic carbocycles. The van der Waals surface area contributed by atoms with Gasteiger partial charge in [0, 0.05) is 13.2 Å². The van der Waals surface area contributed by atoms with Gasteiger partial charge in [0.05, 0.1) is 12.3 Å². The second kappa shape index (κ2) is 7.25. The molecule has 2 aromatic heterocycles. The number of carbonyl (C=O) groups excluding carboxylic acids is 1. The monoisotopic (exact) mass is 370 g/mol. The van der Waals surface area contributed by atoms with E-state index in [-0.39, 0.29) is 17.8 Å². The predicted octanol–water partition coefficient (Wildman–Crippen LogP) is 2.12. The molecular weight excluding hydrogens is 352 g/mol. The van der Waals surface area contributed by atoms with Gasteiger partial charge >= 0.3 is 0 Å². The van der Waals surface area contributed by atoms with Gasteiger partial charge in [0.15, 0.2) is 28.4 Å². The molecule has 0 bridgehead atoms. The van der Waals surface area contributed by atoms with Crippen molar-refractivity contribution in [2.75, 3.05) is 26.0 Å². The summed E-state index contributed by atoms with van der Waals surface area (Å²) in [5, 5.41) is 8.92. The number of pyridine rings is 1. The first-order valence-corrected chi connectivity index (χ1v) is 9.24. The molecule has 3 aromatic rings. The lowest BCUT2D eigenvalue weighted by molar-refractivity contribution is -0.128. The number of ether oxygens (including phenoxy) is 2. The minimum atomic E-state index is -0.183. The molecule has 0 N–H and O–H groups in total. The topological polar surface area (TPSA) is 69.0 Å². The summed E-state index contributed by atoms with van der Waals surface area (Å²) in [5.41, 5.74) is 0.766. The van der Waals surface area contributed by atoms with Crippen molar-refractivity contribution in [1.29, 1.82) is 0 Å². The molecule has 4 rings (SSSR count). The van der Waals surface area contributed by atoms with Gasteiger partial charge in [0.25, 0.3) is 0 Å². The van der Waals surface area contributed by atoms with Crippen molar-refractivity contribution in [3.05, 3.63) is 48.7 Å². The summed E-state index contributed by atoms with van der Waals surface area (Å²) in [6.45, 7) is 0.894. The van der Waals surface area contributed by atoms with Gasteiger partial charge in [-0.25, -0.2) is 0 Å². The molecule has 0 spiro atoms. The third kappa shape index (κ3) is 3.45. The first-order chi connectivity index (χ1) is 12.7. The summed E-state index contributed by atoms with van der Waals surface area (Å²) in [5.74, 6) is 1.75. The van der Waals surface area contributed by atoms with Crippen LogP contribution in [0.25, 0.3) is 5.65 Å². The summed E-state index contributed by atoms with van der Waals surface area (Å²) >= 11 is 1.37. The van der Waals surface area contributed by atoms with Crippen LogP contribution in [0.1, 0.15) is 0 Å². The van der Waals surface area contributed by atoms with Crippen LogP contribution in [-0.2, 0) is 4.79 Å². The number of rotatable bonds is 5. The van der Waals surface area contributed by atoms with Crippen molar-refractivity contribution in [2.24, 2.45) is 0 Å². The van der Waals surface area contributed by atoms with Crippen LogP contribution < -0.4 is 9.47 Å². The fourth-order valence-electron chi connectivity index (χ4n) is 2.71. The predicted molar refractivity (Wildman–Crippen MR) is 97.7 cm³/mol. The van der Waals surface area contributed by atoms with Crippen LogP contribution in [0, 0.1) is 0 Å². The van der Waals surface area contributed by atoms with E-state index < -0.39 is 0 Å². The number of hydrogen-bond donors (Lipinski definition) is 0. The summed E-state index contributed by atoms with van der Waals surface area (Å²) in [4.78, 5) is 14.1. The van der Waals surface area contributed by atoms with E-state index in [0.29, 0.717) is 24.1 Å². The second-order valence-corrected chi connectivity index (χ2v) is 6.91.